The largest absolute Gasteiger partial charge is 0.457 e. The summed E-state index contributed by atoms with van der Waals surface area (Å²) in [6, 6.07) is 94.0. The predicted molar refractivity (Wildman–Crippen MR) is 351 cm³/mol. The number of hydrogen-bond donors (Lipinski definition) is 8. The van der Waals surface area contributed by atoms with Crippen LogP contribution in [-0.2, 0) is 10.8 Å². The third-order valence-electron chi connectivity index (χ3n) is 15.0. The Kier molecular flexibility index (Phi) is 16.2. The Labute approximate surface area is 500 Å². The Morgan fingerprint density at radius 3 is 0.360 bits per heavy atom. The van der Waals surface area contributed by atoms with Gasteiger partial charge >= 0.3 is 0 Å². The van der Waals surface area contributed by atoms with Crippen molar-refractivity contribution in [1.82, 2.24) is 0 Å². The van der Waals surface area contributed by atoms with E-state index >= 15 is 0 Å². The number of nitrogens with two attached hydrogens (primary N) is 8. The number of nitrogen functional groups attached to an aromatic ring is 8. The molecular weight excluding hydrogens is 1060 g/mol. The highest BCUT2D eigenvalue weighted by Crippen LogP contribution is 2.49. The van der Waals surface area contributed by atoms with E-state index in [0.717, 1.165) is 67.3 Å². The van der Waals surface area contributed by atoms with Gasteiger partial charge in [-0.3, -0.25) is 0 Å². The fourth-order valence-electron chi connectivity index (χ4n) is 10.7. The predicted octanol–water partition coefficient (Wildman–Crippen LogP) is 16.0. The highest BCUT2D eigenvalue weighted by molar-refractivity contribution is 5.66. The van der Waals surface area contributed by atoms with Crippen molar-refractivity contribution >= 4 is 45.5 Å². The molecule has 12 aromatic rings. The molecule has 0 unspecified atom stereocenters. The monoisotopic (exact) mass is 1130 g/mol. The smallest absolute Gasteiger partial charge is 0.127 e. The summed E-state index contributed by atoms with van der Waals surface area (Å²) in [4.78, 5) is 0. The average Bonchev–Trinajstić information content (AvgIpc) is 1.31. The van der Waals surface area contributed by atoms with Gasteiger partial charge in [-0.25, -0.2) is 0 Å². The second kappa shape index (κ2) is 24.8. The van der Waals surface area contributed by atoms with Gasteiger partial charge in [-0.05, 0) is 239 Å². The highest BCUT2D eigenvalue weighted by atomic mass is 16.5. The summed E-state index contributed by atoms with van der Waals surface area (Å²) in [5.74, 6) is 5.49. The zero-order valence-electron chi connectivity index (χ0n) is 47.0. The second-order valence-corrected chi connectivity index (χ2v) is 20.8. The number of benzene rings is 12. The second-order valence-electron chi connectivity index (χ2n) is 20.8. The molecule has 0 atom stereocenters. The normalized spacial score (nSPS) is 11.2. The molecule has 16 N–H and O–H groups in total. The summed E-state index contributed by atoms with van der Waals surface area (Å²) in [5.41, 5.74) is 60.1. The van der Waals surface area contributed by atoms with Crippen molar-refractivity contribution in [1.29, 1.82) is 0 Å². The van der Waals surface area contributed by atoms with Crippen LogP contribution < -0.4 is 64.8 Å². The van der Waals surface area contributed by atoms with E-state index in [1.807, 2.05) is 194 Å². The quantitative estimate of drug-likeness (QED) is 0.0333. The topological polar surface area (TPSA) is 245 Å². The van der Waals surface area contributed by atoms with Gasteiger partial charge in [0.25, 0.3) is 0 Å². The van der Waals surface area contributed by atoms with Crippen molar-refractivity contribution in [2.75, 3.05) is 45.9 Å². The standard InChI is InChI=1S/C49H40N4O4.C25H24N4/c50-37-9-25-45(26-10-37)54-41-17-1-33(2-18-41)49(34-3-19-42(20-4-34)55-46-27-11-38(51)12-28-46,35-5-21-43(22-6-35)56-47-29-13-39(52)14-30-47)36-7-23-44(24-8-36)57-48-31-15-40(53)16-32-48;26-21-9-1-17(2-10-21)25(18-3-11-22(27)12-4-18,19-5-13-23(28)14-6-19)20-7-15-24(29)16-8-20/h1-32H,50-53H2;1-16H,26-29H2. The Balaban J connectivity index is 0.000000221. The lowest BCUT2D eigenvalue weighted by Crippen LogP contribution is -2.31. The van der Waals surface area contributed by atoms with Crippen LogP contribution >= 0.6 is 0 Å². The van der Waals surface area contributed by atoms with Gasteiger partial charge in [0.2, 0.25) is 0 Å². The molecule has 0 spiro atoms. The molecule has 12 rings (SSSR count). The zero-order valence-corrected chi connectivity index (χ0v) is 47.0. The molecule has 0 aliphatic heterocycles. The van der Waals surface area contributed by atoms with Crippen LogP contribution in [-0.4, -0.2) is 0 Å². The van der Waals surface area contributed by atoms with Crippen molar-refractivity contribution in [3.63, 3.8) is 0 Å². The molecule has 0 fully saturated rings. The van der Waals surface area contributed by atoms with Crippen LogP contribution in [0.15, 0.2) is 291 Å². The van der Waals surface area contributed by atoms with Crippen LogP contribution in [0.3, 0.4) is 0 Å². The Morgan fingerprint density at radius 1 is 0.140 bits per heavy atom. The highest BCUT2D eigenvalue weighted by Gasteiger charge is 2.40. The lowest BCUT2D eigenvalue weighted by molar-refractivity contribution is 0.481. The van der Waals surface area contributed by atoms with Crippen LogP contribution in [0.5, 0.6) is 46.0 Å². The minimum atomic E-state index is -0.834. The fourth-order valence-corrected chi connectivity index (χ4v) is 10.7. The molecule has 0 aliphatic rings. The molecule has 12 heteroatoms. The Bertz CT molecular complexity index is 3590. The first-order chi connectivity index (χ1) is 41.8. The molecule has 424 valence electrons. The van der Waals surface area contributed by atoms with E-state index in [1.54, 1.807) is 0 Å². The fraction of sp³-hybridized carbons (Fsp3) is 0.0270. The molecule has 12 aromatic carbocycles. The van der Waals surface area contributed by atoms with Gasteiger partial charge in [0.1, 0.15) is 46.0 Å². The van der Waals surface area contributed by atoms with Gasteiger partial charge in [-0.1, -0.05) is 97.1 Å². The van der Waals surface area contributed by atoms with Crippen molar-refractivity contribution in [2.24, 2.45) is 0 Å². The molecule has 0 radical (unpaired) electrons. The molecule has 0 aromatic heterocycles. The maximum absolute atomic E-state index is 6.23. The molecule has 12 nitrogen and oxygen atoms in total. The lowest BCUT2D eigenvalue weighted by atomic mass is 9.65. The number of anilines is 8. The van der Waals surface area contributed by atoms with Gasteiger partial charge in [0.05, 0.1) is 10.8 Å². The van der Waals surface area contributed by atoms with Crippen LogP contribution in [0.25, 0.3) is 0 Å². The van der Waals surface area contributed by atoms with Gasteiger partial charge < -0.3 is 64.8 Å². The number of hydrogen-bond acceptors (Lipinski definition) is 12. The summed E-state index contributed by atoms with van der Waals surface area (Å²) in [5, 5.41) is 0. The number of rotatable bonds is 16. The minimum Gasteiger partial charge on any atom is -0.457 e. The molecule has 86 heavy (non-hydrogen) atoms. The lowest BCUT2D eigenvalue weighted by Gasteiger charge is -2.37. The summed E-state index contributed by atoms with van der Waals surface area (Å²) < 4.78 is 24.9. The maximum Gasteiger partial charge on any atom is 0.127 e. The molecule has 0 bridgehead atoms. The van der Waals surface area contributed by atoms with Crippen LogP contribution in [0.2, 0.25) is 0 Å². The molecule has 0 heterocycles. The Morgan fingerprint density at radius 2 is 0.233 bits per heavy atom. The van der Waals surface area contributed by atoms with Crippen LogP contribution in [0, 0.1) is 0 Å². The third-order valence-corrected chi connectivity index (χ3v) is 15.0. The summed E-state index contributed by atoms with van der Waals surface area (Å²) in [6.45, 7) is 0. The van der Waals surface area contributed by atoms with Crippen molar-refractivity contribution in [3.05, 3.63) is 336 Å². The third kappa shape index (κ3) is 12.4. The van der Waals surface area contributed by atoms with E-state index < -0.39 is 10.8 Å². The first kappa shape index (κ1) is 56.1. The first-order valence-electron chi connectivity index (χ1n) is 27.8. The molecule has 0 saturated carbocycles. The summed E-state index contributed by atoms with van der Waals surface area (Å²) in [6.07, 6.45) is 0. The van der Waals surface area contributed by atoms with Crippen molar-refractivity contribution < 1.29 is 18.9 Å². The maximum atomic E-state index is 6.23. The van der Waals surface area contributed by atoms with Gasteiger partial charge in [-0.2, -0.15) is 0 Å². The molecule has 0 saturated heterocycles. The minimum absolute atomic E-state index is 0.581. The van der Waals surface area contributed by atoms with Crippen molar-refractivity contribution in [3.8, 4) is 46.0 Å². The average molecular weight is 1130 g/mol. The summed E-state index contributed by atoms with van der Waals surface area (Å²) >= 11 is 0. The molecule has 0 aliphatic carbocycles. The van der Waals surface area contributed by atoms with Crippen molar-refractivity contribution in [2.45, 2.75) is 10.8 Å². The van der Waals surface area contributed by atoms with E-state index in [9.17, 15) is 0 Å². The van der Waals surface area contributed by atoms with E-state index in [-0.39, 0.29) is 0 Å². The van der Waals surface area contributed by atoms with Crippen LogP contribution in [0.1, 0.15) is 44.5 Å². The zero-order chi connectivity index (χ0) is 59.6. The SMILES string of the molecule is Nc1ccc(C(c2ccc(N)cc2)(c2ccc(N)cc2)c2ccc(N)cc2)cc1.Nc1ccc(Oc2ccc(C(c3ccc(Oc4ccc(N)cc4)cc3)(c3ccc(Oc4ccc(N)cc4)cc3)c3ccc(Oc4ccc(N)cc4)cc3)cc2)cc1. The van der Waals surface area contributed by atoms with E-state index in [0.29, 0.717) is 68.7 Å². The van der Waals surface area contributed by atoms with E-state index in [4.69, 9.17) is 64.8 Å². The first-order valence-corrected chi connectivity index (χ1v) is 27.8. The molecular formula is C74H64N8O4. The number of ether oxygens (including phenoxy) is 4. The van der Waals surface area contributed by atoms with E-state index in [1.165, 1.54) is 0 Å². The van der Waals surface area contributed by atoms with E-state index in [2.05, 4.69) is 97.1 Å². The molecule has 0 amide bonds. The summed E-state index contributed by atoms with van der Waals surface area (Å²) in [7, 11) is 0. The van der Waals surface area contributed by atoms with Crippen LogP contribution in [0.4, 0.5) is 45.5 Å². The van der Waals surface area contributed by atoms with Gasteiger partial charge in [0, 0.05) is 45.5 Å². The van der Waals surface area contributed by atoms with Gasteiger partial charge in [-0.15, -0.1) is 0 Å². The van der Waals surface area contributed by atoms with Gasteiger partial charge in [0.15, 0.2) is 0 Å². The Hall–Kier alpha value is -11.8.